The van der Waals surface area contributed by atoms with E-state index in [2.05, 4.69) is 9.97 Å². The van der Waals surface area contributed by atoms with Crippen molar-refractivity contribution < 1.29 is 9.13 Å². The maximum Gasteiger partial charge on any atom is 0.213 e. The zero-order chi connectivity index (χ0) is 12.1. The Bertz CT molecular complexity index is 523. The fourth-order valence-corrected chi connectivity index (χ4v) is 1.31. The molecule has 17 heavy (non-hydrogen) atoms. The molecule has 0 spiro atoms. The Morgan fingerprint density at radius 1 is 1.18 bits per heavy atom. The molecule has 2 heterocycles. The van der Waals surface area contributed by atoms with E-state index in [4.69, 9.17) is 4.74 Å². The number of hydrogen-bond acceptors (Lipinski definition) is 3. The van der Waals surface area contributed by atoms with E-state index in [0.29, 0.717) is 11.6 Å². The highest BCUT2D eigenvalue weighted by atomic mass is 19.1. The van der Waals surface area contributed by atoms with Crippen LogP contribution in [0, 0.1) is 5.82 Å². The summed E-state index contributed by atoms with van der Waals surface area (Å²) in [5.74, 6) is 0.215. The van der Waals surface area contributed by atoms with E-state index in [-0.39, 0.29) is 5.82 Å². The van der Waals surface area contributed by atoms with Crippen molar-refractivity contribution in [3.8, 4) is 5.88 Å². The smallest absolute Gasteiger partial charge is 0.213 e. The molecule has 2 aromatic heterocycles. The maximum absolute atomic E-state index is 12.6. The molecule has 0 unspecified atom stereocenters. The van der Waals surface area contributed by atoms with Crippen molar-refractivity contribution in [1.82, 2.24) is 9.97 Å². The lowest BCUT2D eigenvalue weighted by Crippen LogP contribution is -1.86. The molecule has 0 aliphatic rings. The Kier molecular flexibility index (Phi) is 3.45. The fourth-order valence-electron chi connectivity index (χ4n) is 1.31. The number of ether oxygens (including phenoxy) is 1. The minimum atomic E-state index is -0.340. The number of aromatic nitrogens is 2. The summed E-state index contributed by atoms with van der Waals surface area (Å²) >= 11 is 0. The van der Waals surface area contributed by atoms with Crippen LogP contribution in [0.25, 0.3) is 12.2 Å². The third kappa shape index (κ3) is 3.11. The number of rotatable bonds is 3. The average Bonchev–Trinajstić information content (AvgIpc) is 2.38. The summed E-state index contributed by atoms with van der Waals surface area (Å²) in [7, 11) is 1.57. The van der Waals surface area contributed by atoms with E-state index in [1.54, 1.807) is 31.5 Å². The summed E-state index contributed by atoms with van der Waals surface area (Å²) in [6.07, 6.45) is 6.52. The second kappa shape index (κ2) is 5.21. The fraction of sp³-hybridized carbons (Fsp3) is 0.0769. The lowest BCUT2D eigenvalue weighted by atomic mass is 10.2. The molecule has 0 bridgehead atoms. The highest BCUT2D eigenvalue weighted by Gasteiger charge is 1.94. The lowest BCUT2D eigenvalue weighted by Gasteiger charge is -1.98. The first-order valence-corrected chi connectivity index (χ1v) is 5.07. The van der Waals surface area contributed by atoms with Crippen molar-refractivity contribution in [2.45, 2.75) is 0 Å². The molecule has 2 aromatic rings. The molecule has 0 aromatic carbocycles. The van der Waals surface area contributed by atoms with Crippen molar-refractivity contribution in [3.63, 3.8) is 0 Å². The molecule has 3 nitrogen and oxygen atoms in total. The highest BCUT2D eigenvalue weighted by Crippen LogP contribution is 2.11. The number of nitrogens with zero attached hydrogens (tertiary/aromatic N) is 2. The monoisotopic (exact) mass is 230 g/mol. The van der Waals surface area contributed by atoms with Gasteiger partial charge in [0.05, 0.1) is 19.0 Å². The minimum Gasteiger partial charge on any atom is -0.481 e. The zero-order valence-electron chi connectivity index (χ0n) is 9.30. The maximum atomic E-state index is 12.6. The van der Waals surface area contributed by atoms with Gasteiger partial charge in [-0.25, -0.2) is 9.37 Å². The quantitative estimate of drug-likeness (QED) is 0.813. The van der Waals surface area contributed by atoms with Crippen LogP contribution in [0.5, 0.6) is 5.88 Å². The van der Waals surface area contributed by atoms with Gasteiger partial charge in [-0.2, -0.15) is 0 Å². The Hall–Kier alpha value is -2.23. The SMILES string of the molecule is COc1cc(/C=C/c2ccc(F)cn2)ccn1. The first-order chi connectivity index (χ1) is 8.28. The summed E-state index contributed by atoms with van der Waals surface area (Å²) < 4.78 is 17.6. The van der Waals surface area contributed by atoms with Crippen LogP contribution in [-0.2, 0) is 0 Å². The van der Waals surface area contributed by atoms with Crippen molar-refractivity contribution in [1.29, 1.82) is 0 Å². The Morgan fingerprint density at radius 2 is 2.06 bits per heavy atom. The molecule has 4 heteroatoms. The number of methoxy groups -OCH3 is 1. The summed E-state index contributed by atoms with van der Waals surface area (Å²) in [6.45, 7) is 0. The molecule has 0 N–H and O–H groups in total. The van der Waals surface area contributed by atoms with Crippen LogP contribution in [0.2, 0.25) is 0 Å². The van der Waals surface area contributed by atoms with Crippen molar-refractivity contribution >= 4 is 12.2 Å². The lowest BCUT2D eigenvalue weighted by molar-refractivity contribution is 0.398. The number of pyridine rings is 2. The van der Waals surface area contributed by atoms with Gasteiger partial charge in [-0.1, -0.05) is 6.08 Å². The summed E-state index contributed by atoms with van der Waals surface area (Å²) in [6, 6.07) is 6.65. The summed E-state index contributed by atoms with van der Waals surface area (Å²) in [5, 5.41) is 0. The molecular formula is C13H11FN2O. The predicted molar refractivity (Wildman–Crippen MR) is 63.9 cm³/mol. The molecule has 86 valence electrons. The minimum absolute atomic E-state index is 0.340. The van der Waals surface area contributed by atoms with Gasteiger partial charge in [-0.15, -0.1) is 0 Å². The van der Waals surface area contributed by atoms with Crippen molar-refractivity contribution in [3.05, 3.63) is 53.7 Å². The third-order valence-corrected chi connectivity index (χ3v) is 2.16. The van der Waals surface area contributed by atoms with E-state index in [9.17, 15) is 4.39 Å². The second-order valence-electron chi connectivity index (χ2n) is 3.37. The molecular weight excluding hydrogens is 219 g/mol. The van der Waals surface area contributed by atoms with E-state index < -0.39 is 0 Å². The molecule has 0 aliphatic heterocycles. The van der Waals surface area contributed by atoms with Gasteiger partial charge in [0.25, 0.3) is 0 Å². The summed E-state index contributed by atoms with van der Waals surface area (Å²) in [4.78, 5) is 7.93. The number of hydrogen-bond donors (Lipinski definition) is 0. The Balaban J connectivity index is 2.16. The molecule has 0 saturated heterocycles. The van der Waals surface area contributed by atoms with E-state index in [0.717, 1.165) is 5.56 Å². The van der Waals surface area contributed by atoms with Crippen LogP contribution < -0.4 is 4.74 Å². The van der Waals surface area contributed by atoms with Crippen LogP contribution in [0.1, 0.15) is 11.3 Å². The van der Waals surface area contributed by atoms with Crippen LogP contribution in [0.4, 0.5) is 4.39 Å². The highest BCUT2D eigenvalue weighted by molar-refractivity contribution is 5.68. The standard InChI is InChI=1S/C13H11FN2O/c1-17-13-8-10(6-7-15-13)2-4-12-5-3-11(14)9-16-12/h2-9H,1H3/b4-2+. The average molecular weight is 230 g/mol. The van der Waals surface area contributed by atoms with Gasteiger partial charge in [0.15, 0.2) is 0 Å². The van der Waals surface area contributed by atoms with Crippen LogP contribution in [0.15, 0.2) is 36.7 Å². The number of halogens is 1. The largest absolute Gasteiger partial charge is 0.481 e. The molecule has 0 atom stereocenters. The van der Waals surface area contributed by atoms with E-state index >= 15 is 0 Å². The van der Waals surface area contributed by atoms with Crippen LogP contribution in [-0.4, -0.2) is 17.1 Å². The zero-order valence-corrected chi connectivity index (χ0v) is 9.30. The van der Waals surface area contributed by atoms with Gasteiger partial charge in [-0.3, -0.25) is 4.98 Å². The molecule has 0 fully saturated rings. The van der Waals surface area contributed by atoms with Gasteiger partial charge < -0.3 is 4.74 Å². The summed E-state index contributed by atoms with van der Waals surface area (Å²) in [5.41, 5.74) is 1.64. The van der Waals surface area contributed by atoms with Crippen molar-refractivity contribution in [2.75, 3.05) is 7.11 Å². The Labute approximate surface area is 98.6 Å². The topological polar surface area (TPSA) is 35.0 Å². The van der Waals surface area contributed by atoms with Gasteiger partial charge in [0.2, 0.25) is 5.88 Å². The molecule has 0 saturated carbocycles. The third-order valence-electron chi connectivity index (χ3n) is 2.16. The molecule has 0 radical (unpaired) electrons. The predicted octanol–water partition coefficient (Wildman–Crippen LogP) is 2.79. The first-order valence-electron chi connectivity index (χ1n) is 5.07. The van der Waals surface area contributed by atoms with Crippen LogP contribution in [0.3, 0.4) is 0 Å². The second-order valence-corrected chi connectivity index (χ2v) is 3.37. The molecule has 2 rings (SSSR count). The normalized spacial score (nSPS) is 10.7. The van der Waals surface area contributed by atoms with Gasteiger partial charge in [-0.05, 0) is 29.8 Å². The van der Waals surface area contributed by atoms with E-state index in [1.165, 1.54) is 12.3 Å². The van der Waals surface area contributed by atoms with Gasteiger partial charge in [0, 0.05) is 12.3 Å². The first kappa shape index (κ1) is 11.3. The van der Waals surface area contributed by atoms with Crippen molar-refractivity contribution in [2.24, 2.45) is 0 Å². The molecule has 0 aliphatic carbocycles. The van der Waals surface area contributed by atoms with Gasteiger partial charge in [0.1, 0.15) is 5.82 Å². The molecule has 0 amide bonds. The van der Waals surface area contributed by atoms with E-state index in [1.807, 2.05) is 12.1 Å². The van der Waals surface area contributed by atoms with Crippen LogP contribution >= 0.6 is 0 Å². The Morgan fingerprint density at radius 3 is 2.76 bits per heavy atom. The van der Waals surface area contributed by atoms with Gasteiger partial charge >= 0.3 is 0 Å².